The van der Waals surface area contributed by atoms with Gasteiger partial charge in [0.05, 0.1) is 16.9 Å². The smallest absolute Gasteiger partial charge is 0.307 e. The summed E-state index contributed by atoms with van der Waals surface area (Å²) in [5.41, 5.74) is 0.676. The number of nitrogens with one attached hydrogen (secondary N) is 1. The van der Waals surface area contributed by atoms with Crippen molar-refractivity contribution in [2.45, 2.75) is 25.8 Å². The molecule has 0 saturated heterocycles. The highest BCUT2D eigenvalue weighted by molar-refractivity contribution is 6.30. The molecular formula is C14H15ClFNO3. The molecule has 0 heterocycles. The Morgan fingerprint density at radius 1 is 1.35 bits per heavy atom. The van der Waals surface area contributed by atoms with E-state index < -0.39 is 23.6 Å². The molecule has 6 heteroatoms. The predicted molar refractivity (Wildman–Crippen MR) is 71.7 cm³/mol. The van der Waals surface area contributed by atoms with E-state index in [0.29, 0.717) is 18.4 Å². The zero-order valence-corrected chi connectivity index (χ0v) is 11.5. The lowest BCUT2D eigenvalue weighted by Crippen LogP contribution is -2.34. The van der Waals surface area contributed by atoms with Gasteiger partial charge in [-0.05, 0) is 30.5 Å². The number of benzene rings is 1. The molecule has 0 aliphatic heterocycles. The van der Waals surface area contributed by atoms with Crippen LogP contribution >= 0.6 is 11.6 Å². The van der Waals surface area contributed by atoms with Crippen LogP contribution in [0.3, 0.4) is 0 Å². The fraction of sp³-hybridized carbons (Fsp3) is 0.429. The molecule has 1 aromatic rings. The molecule has 1 amide bonds. The Morgan fingerprint density at radius 2 is 2.05 bits per heavy atom. The molecule has 20 heavy (non-hydrogen) atoms. The first-order valence-electron chi connectivity index (χ1n) is 6.43. The highest BCUT2D eigenvalue weighted by atomic mass is 35.5. The van der Waals surface area contributed by atoms with Crippen LogP contribution in [0.1, 0.15) is 24.8 Å². The summed E-state index contributed by atoms with van der Waals surface area (Å²) in [6.07, 6.45) is 1.88. The lowest BCUT2D eigenvalue weighted by atomic mass is 9.95. The number of carbonyl (C=O) groups excluding carboxylic acids is 1. The second kappa shape index (κ2) is 6.22. The average molecular weight is 300 g/mol. The van der Waals surface area contributed by atoms with Crippen LogP contribution < -0.4 is 5.32 Å². The van der Waals surface area contributed by atoms with Crippen molar-refractivity contribution in [2.75, 3.05) is 0 Å². The Hall–Kier alpha value is -1.62. The van der Waals surface area contributed by atoms with Crippen LogP contribution in [0.5, 0.6) is 0 Å². The van der Waals surface area contributed by atoms with Gasteiger partial charge < -0.3 is 10.4 Å². The van der Waals surface area contributed by atoms with E-state index >= 15 is 0 Å². The molecule has 2 unspecified atom stereocenters. The number of hydrogen-bond donors (Lipinski definition) is 2. The molecule has 0 spiro atoms. The molecule has 1 saturated carbocycles. The average Bonchev–Trinajstić information content (AvgIpc) is 2.89. The predicted octanol–water partition coefficient (Wildman–Crippen LogP) is 2.60. The summed E-state index contributed by atoms with van der Waals surface area (Å²) >= 11 is 5.66. The van der Waals surface area contributed by atoms with Gasteiger partial charge in [0.1, 0.15) is 5.82 Å². The number of carboxylic acids is 1. The topological polar surface area (TPSA) is 66.4 Å². The summed E-state index contributed by atoms with van der Waals surface area (Å²) < 4.78 is 13.0. The summed E-state index contributed by atoms with van der Waals surface area (Å²) in [5.74, 6) is -2.79. The number of amides is 1. The second-order valence-electron chi connectivity index (χ2n) is 4.95. The van der Waals surface area contributed by atoms with Crippen molar-refractivity contribution in [1.29, 1.82) is 0 Å². The van der Waals surface area contributed by atoms with Crippen LogP contribution in [0.2, 0.25) is 5.02 Å². The molecule has 0 aromatic heterocycles. The maximum Gasteiger partial charge on any atom is 0.307 e. The van der Waals surface area contributed by atoms with E-state index in [9.17, 15) is 14.0 Å². The second-order valence-corrected chi connectivity index (χ2v) is 5.36. The Labute approximate surface area is 120 Å². The fourth-order valence-electron chi connectivity index (χ4n) is 2.54. The van der Waals surface area contributed by atoms with Gasteiger partial charge in [0.25, 0.3) is 0 Å². The summed E-state index contributed by atoms with van der Waals surface area (Å²) in [5, 5.41) is 11.7. The minimum Gasteiger partial charge on any atom is -0.481 e. The number of carboxylic acid groups (broad SMARTS) is 1. The molecule has 108 valence electrons. The minimum atomic E-state index is -0.924. The van der Waals surface area contributed by atoms with Gasteiger partial charge >= 0.3 is 5.97 Å². The number of carbonyl (C=O) groups is 2. The molecule has 2 N–H and O–H groups in total. The van der Waals surface area contributed by atoms with Gasteiger partial charge in [0.15, 0.2) is 0 Å². The number of rotatable bonds is 4. The zero-order valence-electron chi connectivity index (χ0n) is 10.7. The summed E-state index contributed by atoms with van der Waals surface area (Å²) in [4.78, 5) is 23.0. The maximum absolute atomic E-state index is 13.0. The zero-order chi connectivity index (χ0) is 14.7. The van der Waals surface area contributed by atoms with Gasteiger partial charge in [-0.2, -0.15) is 0 Å². The SMILES string of the molecule is O=C(O)C1CCCC1C(=O)NCc1ccc(F)c(Cl)c1. The summed E-state index contributed by atoms with van der Waals surface area (Å²) in [6.45, 7) is 0.210. The van der Waals surface area contributed by atoms with E-state index in [0.717, 1.165) is 6.42 Å². The van der Waals surface area contributed by atoms with Crippen LogP contribution in [0.25, 0.3) is 0 Å². The van der Waals surface area contributed by atoms with Gasteiger partial charge in [-0.1, -0.05) is 24.1 Å². The third-order valence-electron chi connectivity index (χ3n) is 3.62. The molecule has 2 rings (SSSR count). The van der Waals surface area contributed by atoms with Gasteiger partial charge in [-0.15, -0.1) is 0 Å². The lowest BCUT2D eigenvalue weighted by molar-refractivity contribution is -0.146. The van der Waals surface area contributed by atoms with Crippen molar-refractivity contribution >= 4 is 23.5 Å². The van der Waals surface area contributed by atoms with E-state index in [1.807, 2.05) is 0 Å². The lowest BCUT2D eigenvalue weighted by Gasteiger charge is -2.15. The van der Waals surface area contributed by atoms with Gasteiger partial charge in [0, 0.05) is 6.54 Å². The molecule has 0 radical (unpaired) electrons. The first-order valence-corrected chi connectivity index (χ1v) is 6.81. The number of halogens is 2. The Balaban J connectivity index is 1.94. The van der Waals surface area contributed by atoms with Crippen LogP contribution in [0, 0.1) is 17.7 Å². The van der Waals surface area contributed by atoms with Gasteiger partial charge in [-0.25, -0.2) is 4.39 Å². The van der Waals surface area contributed by atoms with Crippen molar-refractivity contribution in [3.63, 3.8) is 0 Å². The first-order chi connectivity index (χ1) is 9.49. The third kappa shape index (κ3) is 3.28. The molecule has 4 nitrogen and oxygen atoms in total. The van der Waals surface area contributed by atoms with Crippen LogP contribution in [0.4, 0.5) is 4.39 Å². The highest BCUT2D eigenvalue weighted by Gasteiger charge is 2.37. The van der Waals surface area contributed by atoms with Crippen molar-refractivity contribution in [2.24, 2.45) is 11.8 Å². The monoisotopic (exact) mass is 299 g/mol. The first kappa shape index (κ1) is 14.8. The van der Waals surface area contributed by atoms with Crippen LogP contribution in [-0.2, 0) is 16.1 Å². The van der Waals surface area contributed by atoms with Crippen molar-refractivity contribution in [3.05, 3.63) is 34.6 Å². The Kier molecular flexibility index (Phi) is 4.60. The minimum absolute atomic E-state index is 0.000952. The normalized spacial score (nSPS) is 21.7. The van der Waals surface area contributed by atoms with Gasteiger partial charge in [-0.3, -0.25) is 9.59 Å². The molecular weight excluding hydrogens is 285 g/mol. The quantitative estimate of drug-likeness (QED) is 0.898. The standard InChI is InChI=1S/C14H15ClFNO3/c15-11-6-8(4-5-12(11)16)7-17-13(18)9-2-1-3-10(9)14(19)20/h4-6,9-10H,1-3,7H2,(H,17,18)(H,19,20). The van der Waals surface area contributed by atoms with E-state index in [4.69, 9.17) is 16.7 Å². The van der Waals surface area contributed by atoms with E-state index in [-0.39, 0.29) is 17.5 Å². The number of aliphatic carboxylic acids is 1. The van der Waals surface area contributed by atoms with Crippen molar-refractivity contribution in [3.8, 4) is 0 Å². The van der Waals surface area contributed by atoms with E-state index in [2.05, 4.69) is 5.32 Å². The largest absolute Gasteiger partial charge is 0.481 e. The summed E-state index contributed by atoms with van der Waals surface area (Å²) in [6, 6.07) is 4.21. The highest BCUT2D eigenvalue weighted by Crippen LogP contribution is 2.32. The third-order valence-corrected chi connectivity index (χ3v) is 3.91. The molecule has 1 aliphatic carbocycles. The Bertz CT molecular complexity index is 535. The molecule has 1 fully saturated rings. The van der Waals surface area contributed by atoms with E-state index in [1.165, 1.54) is 18.2 Å². The molecule has 1 aromatic carbocycles. The summed E-state index contributed by atoms with van der Waals surface area (Å²) in [7, 11) is 0. The fourth-order valence-corrected chi connectivity index (χ4v) is 2.74. The Morgan fingerprint density at radius 3 is 2.70 bits per heavy atom. The van der Waals surface area contributed by atoms with Crippen LogP contribution in [-0.4, -0.2) is 17.0 Å². The maximum atomic E-state index is 13.0. The molecule has 2 atom stereocenters. The van der Waals surface area contributed by atoms with Crippen molar-refractivity contribution in [1.82, 2.24) is 5.32 Å². The van der Waals surface area contributed by atoms with Crippen LogP contribution in [0.15, 0.2) is 18.2 Å². The van der Waals surface area contributed by atoms with E-state index in [1.54, 1.807) is 0 Å². The molecule has 0 bridgehead atoms. The van der Waals surface area contributed by atoms with Crippen molar-refractivity contribution < 1.29 is 19.1 Å². The number of hydrogen-bond acceptors (Lipinski definition) is 2. The van der Waals surface area contributed by atoms with Gasteiger partial charge in [0.2, 0.25) is 5.91 Å². The molecule has 1 aliphatic rings.